The molecule has 80 valence electrons. The molecule has 1 aliphatic carbocycles. The number of rotatable bonds is 4. The molecule has 1 aromatic heterocycles. The lowest BCUT2D eigenvalue weighted by Gasteiger charge is -2.35. The van der Waals surface area contributed by atoms with Gasteiger partial charge in [-0.1, -0.05) is 38.2 Å². The minimum Gasteiger partial charge on any atom is -0.365 e. The normalized spacial score (nSPS) is 16.4. The van der Waals surface area contributed by atoms with Crippen molar-refractivity contribution in [2.75, 3.05) is 0 Å². The molecule has 1 aromatic rings. The molecule has 0 amide bonds. The molecule has 1 aliphatic rings. The van der Waals surface area contributed by atoms with Crippen LogP contribution in [0.5, 0.6) is 0 Å². The van der Waals surface area contributed by atoms with Gasteiger partial charge in [-0.05, 0) is 25.0 Å². The number of hydrogen-bond donors (Lipinski definition) is 1. The maximum absolute atomic E-state index is 3.39. The molecule has 15 heavy (non-hydrogen) atoms. The largest absolute Gasteiger partial charge is 0.365 e. The molecule has 0 bridgehead atoms. The van der Waals surface area contributed by atoms with E-state index in [0.717, 1.165) is 0 Å². The third-order valence-corrected chi connectivity index (χ3v) is 3.78. The molecule has 0 saturated heterocycles. The maximum atomic E-state index is 3.39. The molecular weight excluding hydrogens is 182 g/mol. The van der Waals surface area contributed by atoms with Crippen LogP contribution in [0.4, 0.5) is 0 Å². The Balaban J connectivity index is 2.39. The van der Waals surface area contributed by atoms with Gasteiger partial charge in [-0.3, -0.25) is 0 Å². The standard InChI is InChI=1S/C14H19N/c1-3-14(4-2,12-8-5-6-9-12)13-10-7-11-15-13/h5-12,15H,3-4H2,1-2H3. The van der Waals surface area contributed by atoms with E-state index in [0.29, 0.717) is 5.92 Å². The van der Waals surface area contributed by atoms with E-state index in [1.54, 1.807) is 0 Å². The quantitative estimate of drug-likeness (QED) is 0.762. The summed E-state index contributed by atoms with van der Waals surface area (Å²) in [6.07, 6.45) is 13.3. The molecule has 1 heterocycles. The first-order valence-corrected chi connectivity index (χ1v) is 5.82. The Morgan fingerprint density at radius 3 is 2.33 bits per heavy atom. The van der Waals surface area contributed by atoms with Crippen molar-refractivity contribution in [3.8, 4) is 0 Å². The van der Waals surface area contributed by atoms with Crippen LogP contribution in [0.2, 0.25) is 0 Å². The van der Waals surface area contributed by atoms with Crippen LogP contribution in [0.25, 0.3) is 0 Å². The van der Waals surface area contributed by atoms with Crippen LogP contribution < -0.4 is 0 Å². The second-order valence-electron chi connectivity index (χ2n) is 4.24. The second-order valence-corrected chi connectivity index (χ2v) is 4.24. The van der Waals surface area contributed by atoms with E-state index in [1.807, 2.05) is 6.20 Å². The fourth-order valence-electron chi connectivity index (χ4n) is 2.72. The van der Waals surface area contributed by atoms with Crippen molar-refractivity contribution in [1.29, 1.82) is 0 Å². The highest BCUT2D eigenvalue weighted by Gasteiger charge is 2.35. The number of aromatic nitrogens is 1. The molecule has 1 nitrogen and oxygen atoms in total. The summed E-state index contributed by atoms with van der Waals surface area (Å²) in [5, 5.41) is 0. The van der Waals surface area contributed by atoms with Gasteiger partial charge in [0.1, 0.15) is 0 Å². The molecule has 0 fully saturated rings. The van der Waals surface area contributed by atoms with Crippen molar-refractivity contribution >= 4 is 0 Å². The SMILES string of the molecule is CCC(CC)(c1ccc[nH]1)C1C=CC=C1. The number of hydrogen-bond acceptors (Lipinski definition) is 0. The average Bonchev–Trinajstić information content (AvgIpc) is 2.92. The van der Waals surface area contributed by atoms with Gasteiger partial charge in [-0.2, -0.15) is 0 Å². The van der Waals surface area contributed by atoms with Crippen LogP contribution >= 0.6 is 0 Å². The van der Waals surface area contributed by atoms with Crippen LogP contribution in [-0.4, -0.2) is 4.98 Å². The lowest BCUT2D eigenvalue weighted by atomic mass is 9.69. The smallest absolute Gasteiger partial charge is 0.0218 e. The predicted molar refractivity (Wildman–Crippen MR) is 64.8 cm³/mol. The first-order chi connectivity index (χ1) is 7.33. The molecule has 0 spiro atoms. The molecule has 0 aromatic carbocycles. The predicted octanol–water partition coefficient (Wildman–Crippen LogP) is 3.81. The molecule has 0 saturated carbocycles. The zero-order chi connectivity index (χ0) is 10.7. The number of H-pyrrole nitrogens is 1. The molecular formula is C14H19N. The van der Waals surface area contributed by atoms with Crippen molar-refractivity contribution in [1.82, 2.24) is 4.98 Å². The van der Waals surface area contributed by atoms with Crippen LogP contribution in [0, 0.1) is 5.92 Å². The van der Waals surface area contributed by atoms with Gasteiger partial charge in [0.25, 0.3) is 0 Å². The fourth-order valence-corrected chi connectivity index (χ4v) is 2.72. The van der Waals surface area contributed by atoms with Crippen LogP contribution in [0.15, 0.2) is 42.6 Å². The summed E-state index contributed by atoms with van der Waals surface area (Å²) in [6, 6.07) is 4.31. The summed E-state index contributed by atoms with van der Waals surface area (Å²) in [6.45, 7) is 4.56. The van der Waals surface area contributed by atoms with Gasteiger partial charge in [-0.15, -0.1) is 0 Å². The summed E-state index contributed by atoms with van der Waals surface area (Å²) in [5.41, 5.74) is 1.63. The Kier molecular flexibility index (Phi) is 2.81. The lowest BCUT2D eigenvalue weighted by Crippen LogP contribution is -2.32. The third kappa shape index (κ3) is 1.56. The Morgan fingerprint density at radius 2 is 1.87 bits per heavy atom. The van der Waals surface area contributed by atoms with Crippen molar-refractivity contribution < 1.29 is 0 Å². The minimum absolute atomic E-state index is 0.257. The highest BCUT2D eigenvalue weighted by atomic mass is 14.7. The van der Waals surface area contributed by atoms with E-state index >= 15 is 0 Å². The number of allylic oxidation sites excluding steroid dienone is 4. The average molecular weight is 201 g/mol. The van der Waals surface area contributed by atoms with Gasteiger partial charge in [-0.25, -0.2) is 0 Å². The Bertz CT molecular complexity index is 341. The zero-order valence-electron chi connectivity index (χ0n) is 9.53. The van der Waals surface area contributed by atoms with Crippen molar-refractivity contribution in [2.45, 2.75) is 32.1 Å². The van der Waals surface area contributed by atoms with Gasteiger partial charge in [0, 0.05) is 23.2 Å². The molecule has 1 heteroatoms. The zero-order valence-corrected chi connectivity index (χ0v) is 9.53. The van der Waals surface area contributed by atoms with Crippen LogP contribution in [0.3, 0.4) is 0 Å². The van der Waals surface area contributed by atoms with E-state index in [-0.39, 0.29) is 5.41 Å². The Hall–Kier alpha value is -1.24. The first kappa shape index (κ1) is 10.3. The van der Waals surface area contributed by atoms with Crippen LogP contribution in [-0.2, 0) is 5.41 Å². The number of aromatic amines is 1. The fraction of sp³-hybridized carbons (Fsp3) is 0.429. The topological polar surface area (TPSA) is 15.8 Å². The monoisotopic (exact) mass is 201 g/mol. The molecule has 0 aliphatic heterocycles. The molecule has 1 N–H and O–H groups in total. The van der Waals surface area contributed by atoms with Crippen molar-refractivity contribution in [3.05, 3.63) is 48.3 Å². The first-order valence-electron chi connectivity index (χ1n) is 5.82. The highest BCUT2D eigenvalue weighted by molar-refractivity contribution is 5.30. The van der Waals surface area contributed by atoms with Crippen molar-refractivity contribution in [2.24, 2.45) is 5.92 Å². The Morgan fingerprint density at radius 1 is 1.20 bits per heavy atom. The highest BCUT2D eigenvalue weighted by Crippen LogP contribution is 2.41. The summed E-state index contributed by atoms with van der Waals surface area (Å²) < 4.78 is 0. The van der Waals surface area contributed by atoms with E-state index < -0.39 is 0 Å². The molecule has 2 rings (SSSR count). The maximum Gasteiger partial charge on any atom is 0.0218 e. The van der Waals surface area contributed by atoms with E-state index in [2.05, 4.69) is 55.3 Å². The molecule has 0 unspecified atom stereocenters. The molecule has 0 radical (unpaired) electrons. The van der Waals surface area contributed by atoms with E-state index in [1.165, 1.54) is 18.5 Å². The number of nitrogens with one attached hydrogen (secondary N) is 1. The van der Waals surface area contributed by atoms with Gasteiger partial charge < -0.3 is 4.98 Å². The minimum atomic E-state index is 0.257. The van der Waals surface area contributed by atoms with Crippen LogP contribution in [0.1, 0.15) is 32.4 Å². The van der Waals surface area contributed by atoms with Gasteiger partial charge >= 0.3 is 0 Å². The van der Waals surface area contributed by atoms with E-state index in [9.17, 15) is 0 Å². The Labute approximate surface area is 91.9 Å². The van der Waals surface area contributed by atoms with Gasteiger partial charge in [0.15, 0.2) is 0 Å². The van der Waals surface area contributed by atoms with E-state index in [4.69, 9.17) is 0 Å². The van der Waals surface area contributed by atoms with Crippen molar-refractivity contribution in [3.63, 3.8) is 0 Å². The summed E-state index contributed by atoms with van der Waals surface area (Å²) in [5.74, 6) is 0.547. The summed E-state index contributed by atoms with van der Waals surface area (Å²) in [7, 11) is 0. The summed E-state index contributed by atoms with van der Waals surface area (Å²) in [4.78, 5) is 3.39. The van der Waals surface area contributed by atoms with Gasteiger partial charge in [0.2, 0.25) is 0 Å². The lowest BCUT2D eigenvalue weighted by molar-refractivity contribution is 0.330. The summed E-state index contributed by atoms with van der Waals surface area (Å²) >= 11 is 0. The second kappa shape index (κ2) is 4.09. The molecule has 0 atom stereocenters. The third-order valence-electron chi connectivity index (χ3n) is 3.78. The van der Waals surface area contributed by atoms with Gasteiger partial charge in [0.05, 0.1) is 0 Å².